The number of nitrogens with one attached hydrogen (secondary N) is 1. The SMILES string of the molecule is CCC(C)[C@@H](N)C(=O)NN=Cc1cccc2nccnc12.[Cl-]. The summed E-state index contributed by atoms with van der Waals surface area (Å²) in [5, 5.41) is 3.96. The molecule has 6 nitrogen and oxygen atoms in total. The van der Waals surface area contributed by atoms with Crippen LogP contribution in [0, 0.1) is 5.92 Å². The third-order valence-corrected chi connectivity index (χ3v) is 3.47. The Labute approximate surface area is 135 Å². The summed E-state index contributed by atoms with van der Waals surface area (Å²) in [5.41, 5.74) is 10.6. The van der Waals surface area contributed by atoms with Gasteiger partial charge < -0.3 is 18.1 Å². The highest BCUT2D eigenvalue weighted by Gasteiger charge is 2.18. The van der Waals surface area contributed by atoms with Crippen LogP contribution in [0.15, 0.2) is 35.7 Å². The van der Waals surface area contributed by atoms with Crippen LogP contribution in [0.25, 0.3) is 11.0 Å². The Kier molecular flexibility index (Phi) is 6.88. The molecular formula is C15H19ClN5O-. The number of nitrogens with two attached hydrogens (primary N) is 1. The standard InChI is InChI=1S/C15H19N5O.ClH/c1-3-10(2)13(16)15(21)20-19-9-11-5-4-6-12-14(11)18-8-7-17-12;/h4-10,13H,3,16H2,1-2H3,(H,20,21);1H/p-1/t10?,13-;/m1./s1. The van der Waals surface area contributed by atoms with E-state index >= 15 is 0 Å². The summed E-state index contributed by atoms with van der Waals surface area (Å²) in [4.78, 5) is 20.3. The molecule has 0 saturated heterocycles. The summed E-state index contributed by atoms with van der Waals surface area (Å²) in [6.45, 7) is 3.93. The van der Waals surface area contributed by atoms with Gasteiger partial charge in [0.2, 0.25) is 0 Å². The number of hydrogen-bond acceptors (Lipinski definition) is 5. The van der Waals surface area contributed by atoms with E-state index in [9.17, 15) is 4.79 Å². The van der Waals surface area contributed by atoms with E-state index in [-0.39, 0.29) is 24.2 Å². The van der Waals surface area contributed by atoms with E-state index in [1.165, 1.54) is 0 Å². The zero-order valence-electron chi connectivity index (χ0n) is 12.5. The number of aromatic nitrogens is 2. The minimum atomic E-state index is -0.556. The molecule has 0 fully saturated rings. The second kappa shape index (κ2) is 8.41. The van der Waals surface area contributed by atoms with Crippen molar-refractivity contribution in [1.82, 2.24) is 15.4 Å². The summed E-state index contributed by atoms with van der Waals surface area (Å²) >= 11 is 0. The summed E-state index contributed by atoms with van der Waals surface area (Å²) in [6, 6.07) is 5.04. The van der Waals surface area contributed by atoms with Crippen LogP contribution >= 0.6 is 0 Å². The van der Waals surface area contributed by atoms with Gasteiger partial charge >= 0.3 is 0 Å². The average Bonchev–Trinajstić information content (AvgIpc) is 2.53. The summed E-state index contributed by atoms with van der Waals surface area (Å²) in [7, 11) is 0. The minimum Gasteiger partial charge on any atom is -1.00 e. The fourth-order valence-electron chi connectivity index (χ4n) is 1.87. The number of hydrazone groups is 1. The third-order valence-electron chi connectivity index (χ3n) is 3.47. The molecule has 1 heterocycles. The number of rotatable bonds is 5. The van der Waals surface area contributed by atoms with Crippen molar-refractivity contribution < 1.29 is 17.2 Å². The van der Waals surface area contributed by atoms with Crippen molar-refractivity contribution in [3.05, 3.63) is 36.2 Å². The van der Waals surface area contributed by atoms with Crippen LogP contribution in [0.4, 0.5) is 0 Å². The molecule has 2 rings (SSSR count). The average molecular weight is 321 g/mol. The largest absolute Gasteiger partial charge is 1.00 e. The number of nitrogens with zero attached hydrogens (tertiary/aromatic N) is 3. The number of para-hydroxylation sites is 1. The topological polar surface area (TPSA) is 93.3 Å². The van der Waals surface area contributed by atoms with Crippen molar-refractivity contribution in [1.29, 1.82) is 0 Å². The molecule has 0 radical (unpaired) electrons. The highest BCUT2D eigenvalue weighted by atomic mass is 35.5. The Morgan fingerprint density at radius 1 is 1.41 bits per heavy atom. The van der Waals surface area contributed by atoms with Crippen LogP contribution in [0.2, 0.25) is 0 Å². The van der Waals surface area contributed by atoms with E-state index in [1.54, 1.807) is 18.6 Å². The number of carbonyl (C=O) groups excluding carboxylic acids is 1. The van der Waals surface area contributed by atoms with Crippen molar-refractivity contribution in [2.45, 2.75) is 26.3 Å². The molecule has 0 spiro atoms. The van der Waals surface area contributed by atoms with Gasteiger partial charge in [-0.25, -0.2) is 5.43 Å². The second-order valence-electron chi connectivity index (χ2n) is 4.92. The maximum absolute atomic E-state index is 11.8. The third kappa shape index (κ3) is 4.22. The molecule has 0 bridgehead atoms. The Balaban J connectivity index is 0.00000242. The van der Waals surface area contributed by atoms with Crippen molar-refractivity contribution in [2.24, 2.45) is 16.8 Å². The molecule has 1 aromatic carbocycles. The molecule has 7 heteroatoms. The quantitative estimate of drug-likeness (QED) is 0.516. The van der Waals surface area contributed by atoms with Gasteiger partial charge in [0.1, 0.15) is 0 Å². The van der Waals surface area contributed by atoms with Gasteiger partial charge in [0.25, 0.3) is 5.91 Å². The molecule has 2 atom stereocenters. The Morgan fingerprint density at radius 3 is 2.86 bits per heavy atom. The fraction of sp³-hybridized carbons (Fsp3) is 0.333. The van der Waals surface area contributed by atoms with Crippen LogP contribution < -0.4 is 23.6 Å². The normalized spacial score (nSPS) is 13.6. The van der Waals surface area contributed by atoms with Gasteiger partial charge in [0, 0.05) is 18.0 Å². The number of fused-ring (bicyclic) bond motifs is 1. The molecule has 2 aromatic rings. The summed E-state index contributed by atoms with van der Waals surface area (Å²) in [6.07, 6.45) is 5.66. The van der Waals surface area contributed by atoms with E-state index in [4.69, 9.17) is 5.73 Å². The maximum Gasteiger partial charge on any atom is 0.257 e. The predicted octanol–water partition coefficient (Wildman–Crippen LogP) is -1.54. The van der Waals surface area contributed by atoms with Crippen molar-refractivity contribution in [3.8, 4) is 0 Å². The molecule has 0 aliphatic heterocycles. The van der Waals surface area contributed by atoms with Gasteiger partial charge in [0.15, 0.2) is 0 Å². The van der Waals surface area contributed by atoms with Crippen LogP contribution in [0.3, 0.4) is 0 Å². The second-order valence-corrected chi connectivity index (χ2v) is 4.92. The maximum atomic E-state index is 11.8. The molecule has 0 aliphatic carbocycles. The molecule has 1 amide bonds. The van der Waals surface area contributed by atoms with E-state index in [0.717, 1.165) is 23.0 Å². The van der Waals surface area contributed by atoms with E-state index in [0.29, 0.717) is 0 Å². The Morgan fingerprint density at radius 2 is 2.14 bits per heavy atom. The number of amides is 1. The van der Waals surface area contributed by atoms with E-state index in [1.807, 2.05) is 32.0 Å². The van der Waals surface area contributed by atoms with Crippen molar-refractivity contribution >= 4 is 23.2 Å². The molecular weight excluding hydrogens is 302 g/mol. The Hall–Kier alpha value is -2.05. The van der Waals surface area contributed by atoms with Crippen molar-refractivity contribution in [3.63, 3.8) is 0 Å². The lowest BCUT2D eigenvalue weighted by Crippen LogP contribution is -3.00. The molecule has 0 aliphatic rings. The molecule has 118 valence electrons. The monoisotopic (exact) mass is 320 g/mol. The molecule has 1 unspecified atom stereocenters. The van der Waals surface area contributed by atoms with Gasteiger partial charge in [0.05, 0.1) is 23.3 Å². The number of halogens is 1. The highest BCUT2D eigenvalue weighted by Crippen LogP contribution is 2.11. The van der Waals surface area contributed by atoms with Gasteiger partial charge in [-0.3, -0.25) is 14.8 Å². The molecule has 22 heavy (non-hydrogen) atoms. The van der Waals surface area contributed by atoms with Gasteiger partial charge in [-0.05, 0) is 12.0 Å². The molecule has 1 aromatic heterocycles. The lowest BCUT2D eigenvalue weighted by Gasteiger charge is -2.15. The van der Waals surface area contributed by atoms with Crippen LogP contribution in [-0.2, 0) is 4.79 Å². The van der Waals surface area contributed by atoms with Crippen molar-refractivity contribution in [2.75, 3.05) is 0 Å². The minimum absolute atomic E-state index is 0. The number of benzene rings is 1. The molecule has 0 saturated carbocycles. The number of hydrogen-bond donors (Lipinski definition) is 2. The van der Waals surface area contributed by atoms with Crippen LogP contribution in [-0.4, -0.2) is 28.1 Å². The Bertz CT molecular complexity index is 656. The zero-order chi connectivity index (χ0) is 15.2. The van der Waals surface area contributed by atoms with Crippen LogP contribution in [0.5, 0.6) is 0 Å². The van der Waals surface area contributed by atoms with Crippen LogP contribution in [0.1, 0.15) is 25.8 Å². The van der Waals surface area contributed by atoms with E-state index < -0.39 is 6.04 Å². The summed E-state index contributed by atoms with van der Waals surface area (Å²) in [5.74, 6) is -0.171. The zero-order valence-corrected chi connectivity index (χ0v) is 13.3. The van der Waals surface area contributed by atoms with E-state index in [2.05, 4.69) is 20.5 Å². The highest BCUT2D eigenvalue weighted by molar-refractivity contribution is 5.96. The van der Waals surface area contributed by atoms with Gasteiger partial charge in [-0.2, -0.15) is 5.10 Å². The first kappa shape index (κ1) is 18.0. The smallest absolute Gasteiger partial charge is 0.257 e. The van der Waals surface area contributed by atoms with Gasteiger partial charge in [-0.1, -0.05) is 32.4 Å². The first-order valence-corrected chi connectivity index (χ1v) is 6.91. The number of carbonyl (C=O) groups is 1. The predicted molar refractivity (Wildman–Crippen MR) is 82.7 cm³/mol. The first-order chi connectivity index (χ1) is 10.1. The van der Waals surface area contributed by atoms with Gasteiger partial charge in [-0.15, -0.1) is 0 Å². The lowest BCUT2D eigenvalue weighted by atomic mass is 10.00. The first-order valence-electron chi connectivity index (χ1n) is 6.91. The molecule has 3 N–H and O–H groups in total. The lowest BCUT2D eigenvalue weighted by molar-refractivity contribution is -0.123. The summed E-state index contributed by atoms with van der Waals surface area (Å²) < 4.78 is 0. The fourth-order valence-corrected chi connectivity index (χ4v) is 1.87.